The first-order chi connectivity index (χ1) is 9.63. The number of hydrogen-bond acceptors (Lipinski definition) is 5. The van der Waals surface area contributed by atoms with Crippen molar-refractivity contribution in [3.05, 3.63) is 24.3 Å². The van der Waals surface area contributed by atoms with Gasteiger partial charge in [-0.15, -0.1) is 0 Å². The van der Waals surface area contributed by atoms with Gasteiger partial charge in [0.25, 0.3) is 0 Å². The van der Waals surface area contributed by atoms with Crippen molar-refractivity contribution >= 4 is 15.8 Å². The van der Waals surface area contributed by atoms with Crippen LogP contribution in [0.2, 0.25) is 0 Å². The molecule has 0 aromatic heterocycles. The van der Waals surface area contributed by atoms with Crippen LogP contribution in [0.25, 0.3) is 0 Å². The van der Waals surface area contributed by atoms with E-state index in [1.807, 2.05) is 0 Å². The highest BCUT2D eigenvalue weighted by Gasteiger charge is 2.26. The van der Waals surface area contributed by atoms with Crippen LogP contribution in [0.1, 0.15) is 26.2 Å². The van der Waals surface area contributed by atoms with Crippen molar-refractivity contribution in [2.75, 3.05) is 12.9 Å². The molecule has 0 bridgehead atoms. The van der Waals surface area contributed by atoms with Gasteiger partial charge in [-0.1, -0.05) is 0 Å². The fraction of sp³-hybridized carbons (Fsp3) is 0.500. The van der Waals surface area contributed by atoms with Crippen LogP contribution < -0.4 is 10.5 Å². The standard InChI is InChI=1S/C14H21NO5S/c1-14(15,13(16)17)9-3-4-10-20-11-5-7-12(8-6-11)21(2,18)19/h5-8H,3-4,9-10,15H2,1-2H3,(H,16,17). The van der Waals surface area contributed by atoms with E-state index in [0.717, 1.165) is 6.26 Å². The first-order valence-corrected chi connectivity index (χ1v) is 8.47. The number of sulfone groups is 1. The fourth-order valence-electron chi connectivity index (χ4n) is 1.67. The van der Waals surface area contributed by atoms with Crippen molar-refractivity contribution in [2.24, 2.45) is 5.73 Å². The van der Waals surface area contributed by atoms with E-state index in [1.54, 1.807) is 12.1 Å². The van der Waals surface area contributed by atoms with Gasteiger partial charge in [0.1, 0.15) is 11.3 Å². The molecular formula is C14H21NO5S. The number of rotatable bonds is 8. The molecule has 0 fully saturated rings. The Morgan fingerprint density at radius 1 is 1.29 bits per heavy atom. The topological polar surface area (TPSA) is 107 Å². The lowest BCUT2D eigenvalue weighted by atomic mass is 9.97. The molecule has 0 aliphatic heterocycles. The Morgan fingerprint density at radius 3 is 2.33 bits per heavy atom. The molecule has 6 nitrogen and oxygen atoms in total. The van der Waals surface area contributed by atoms with Gasteiger partial charge in [0.15, 0.2) is 9.84 Å². The van der Waals surface area contributed by atoms with Crippen LogP contribution in [0.4, 0.5) is 0 Å². The summed E-state index contributed by atoms with van der Waals surface area (Å²) in [5, 5.41) is 8.86. The van der Waals surface area contributed by atoms with Crippen molar-refractivity contribution < 1.29 is 23.1 Å². The van der Waals surface area contributed by atoms with E-state index in [1.165, 1.54) is 19.1 Å². The largest absolute Gasteiger partial charge is 0.494 e. The third kappa shape index (κ3) is 5.73. The van der Waals surface area contributed by atoms with Crippen molar-refractivity contribution in [3.8, 4) is 5.75 Å². The van der Waals surface area contributed by atoms with E-state index in [4.69, 9.17) is 15.6 Å². The molecule has 3 N–H and O–H groups in total. The minimum absolute atomic E-state index is 0.246. The molecule has 0 aliphatic carbocycles. The first-order valence-electron chi connectivity index (χ1n) is 6.58. The van der Waals surface area contributed by atoms with Gasteiger partial charge in [-0.2, -0.15) is 0 Å². The molecule has 0 heterocycles. The molecule has 0 saturated carbocycles. The van der Waals surface area contributed by atoms with Gasteiger partial charge >= 0.3 is 5.97 Å². The first kappa shape index (κ1) is 17.5. The molecule has 1 atom stereocenters. The lowest BCUT2D eigenvalue weighted by Crippen LogP contribution is -2.44. The number of carbonyl (C=O) groups is 1. The number of nitrogens with two attached hydrogens (primary N) is 1. The predicted octanol–water partition coefficient (Wildman–Crippen LogP) is 1.44. The molecule has 1 unspecified atom stereocenters. The zero-order valence-corrected chi connectivity index (χ0v) is 13.0. The summed E-state index contributed by atoms with van der Waals surface area (Å²) in [6.07, 6.45) is 2.84. The minimum atomic E-state index is -3.20. The maximum Gasteiger partial charge on any atom is 0.323 e. The van der Waals surface area contributed by atoms with Gasteiger partial charge in [0, 0.05) is 6.26 Å². The van der Waals surface area contributed by atoms with E-state index in [9.17, 15) is 13.2 Å². The summed E-state index contributed by atoms with van der Waals surface area (Å²) >= 11 is 0. The molecule has 0 amide bonds. The number of benzene rings is 1. The molecule has 21 heavy (non-hydrogen) atoms. The lowest BCUT2D eigenvalue weighted by molar-refractivity contribution is -0.142. The van der Waals surface area contributed by atoms with Gasteiger partial charge in [0.05, 0.1) is 11.5 Å². The Labute approximate surface area is 124 Å². The fourth-order valence-corrected chi connectivity index (χ4v) is 2.30. The smallest absolute Gasteiger partial charge is 0.323 e. The van der Waals surface area contributed by atoms with Gasteiger partial charge < -0.3 is 15.6 Å². The molecule has 0 saturated heterocycles. The van der Waals surface area contributed by atoms with Crippen LogP contribution in [-0.2, 0) is 14.6 Å². The van der Waals surface area contributed by atoms with Gasteiger partial charge in [-0.3, -0.25) is 4.79 Å². The highest BCUT2D eigenvalue weighted by molar-refractivity contribution is 7.90. The summed E-state index contributed by atoms with van der Waals surface area (Å²) in [4.78, 5) is 11.1. The Hall–Kier alpha value is -1.60. The molecule has 0 spiro atoms. The van der Waals surface area contributed by atoms with Crippen LogP contribution in [0.15, 0.2) is 29.2 Å². The van der Waals surface area contributed by atoms with Crippen LogP contribution in [0.3, 0.4) is 0 Å². The Balaban J connectivity index is 2.35. The second-order valence-corrected chi connectivity index (χ2v) is 7.29. The second kappa shape index (κ2) is 6.91. The summed E-state index contributed by atoms with van der Waals surface area (Å²) < 4.78 is 28.0. The third-order valence-corrected chi connectivity index (χ3v) is 4.23. The summed E-state index contributed by atoms with van der Waals surface area (Å²) in [6.45, 7) is 1.91. The minimum Gasteiger partial charge on any atom is -0.494 e. The monoisotopic (exact) mass is 315 g/mol. The summed E-state index contributed by atoms with van der Waals surface area (Å²) in [7, 11) is -3.20. The van der Waals surface area contributed by atoms with E-state index in [2.05, 4.69) is 0 Å². The van der Waals surface area contributed by atoms with Crippen LogP contribution in [0, 0.1) is 0 Å². The summed E-state index contributed by atoms with van der Waals surface area (Å²) in [5.74, 6) is -0.434. The average molecular weight is 315 g/mol. The highest BCUT2D eigenvalue weighted by atomic mass is 32.2. The van der Waals surface area contributed by atoms with Crippen LogP contribution in [-0.4, -0.2) is 37.9 Å². The third-order valence-electron chi connectivity index (χ3n) is 3.10. The maximum absolute atomic E-state index is 11.3. The Kier molecular flexibility index (Phi) is 5.74. The Morgan fingerprint density at radius 2 is 1.86 bits per heavy atom. The average Bonchev–Trinajstić information content (AvgIpc) is 2.37. The second-order valence-electron chi connectivity index (χ2n) is 5.27. The van der Waals surface area contributed by atoms with Gasteiger partial charge in [-0.25, -0.2) is 8.42 Å². The Bertz CT molecular complexity index is 578. The molecule has 0 radical (unpaired) electrons. The van der Waals surface area contributed by atoms with Crippen molar-refractivity contribution in [1.82, 2.24) is 0 Å². The molecular weight excluding hydrogens is 294 g/mol. The van der Waals surface area contributed by atoms with Crippen LogP contribution >= 0.6 is 0 Å². The molecule has 7 heteroatoms. The van der Waals surface area contributed by atoms with E-state index in [-0.39, 0.29) is 4.90 Å². The van der Waals surface area contributed by atoms with E-state index >= 15 is 0 Å². The summed E-state index contributed by atoms with van der Waals surface area (Å²) in [6, 6.07) is 6.18. The predicted molar refractivity (Wildman–Crippen MR) is 79.1 cm³/mol. The molecule has 1 aromatic carbocycles. The molecule has 1 rings (SSSR count). The summed E-state index contributed by atoms with van der Waals surface area (Å²) in [5.41, 5.74) is 4.40. The zero-order valence-electron chi connectivity index (χ0n) is 12.2. The van der Waals surface area contributed by atoms with Crippen molar-refractivity contribution in [2.45, 2.75) is 36.6 Å². The molecule has 118 valence electrons. The number of unbranched alkanes of at least 4 members (excludes halogenated alkanes) is 1. The molecule has 0 aliphatic rings. The van der Waals surface area contributed by atoms with Crippen molar-refractivity contribution in [3.63, 3.8) is 0 Å². The SMILES string of the molecule is CC(N)(CCCCOc1ccc(S(C)(=O)=O)cc1)C(=O)O. The van der Waals surface area contributed by atoms with Gasteiger partial charge in [0.2, 0.25) is 0 Å². The lowest BCUT2D eigenvalue weighted by Gasteiger charge is -2.18. The number of carboxylic acid groups (broad SMARTS) is 1. The van der Waals surface area contributed by atoms with Crippen molar-refractivity contribution in [1.29, 1.82) is 0 Å². The van der Waals surface area contributed by atoms with Gasteiger partial charge in [-0.05, 0) is 50.5 Å². The quantitative estimate of drug-likeness (QED) is 0.703. The number of hydrogen-bond donors (Lipinski definition) is 2. The van der Waals surface area contributed by atoms with Crippen LogP contribution in [0.5, 0.6) is 5.75 Å². The molecule has 1 aromatic rings. The number of ether oxygens (including phenoxy) is 1. The maximum atomic E-state index is 11.3. The van der Waals surface area contributed by atoms with E-state index < -0.39 is 21.3 Å². The normalized spacial score (nSPS) is 14.4. The number of carboxylic acids is 1. The number of aliphatic carboxylic acids is 1. The zero-order chi connectivity index (χ0) is 16.1. The van der Waals surface area contributed by atoms with E-state index in [0.29, 0.717) is 31.6 Å². The highest BCUT2D eigenvalue weighted by Crippen LogP contribution is 2.17.